The van der Waals surface area contributed by atoms with Crippen LogP contribution in [-0.4, -0.2) is 42.9 Å². The minimum atomic E-state index is -0.168. The minimum Gasteiger partial charge on any atom is -0.465 e. The molecule has 1 saturated heterocycles. The third kappa shape index (κ3) is 2.79. The number of esters is 1. The summed E-state index contributed by atoms with van der Waals surface area (Å²) >= 11 is 1.73. The van der Waals surface area contributed by atoms with E-state index in [0.29, 0.717) is 12.6 Å². The smallest absolute Gasteiger partial charge is 0.315 e. The third-order valence-electron chi connectivity index (χ3n) is 4.13. The van der Waals surface area contributed by atoms with Gasteiger partial charge in [0.15, 0.2) is 5.13 Å². The van der Waals surface area contributed by atoms with Crippen molar-refractivity contribution in [2.45, 2.75) is 51.7 Å². The van der Waals surface area contributed by atoms with Gasteiger partial charge in [-0.05, 0) is 33.6 Å². The summed E-state index contributed by atoms with van der Waals surface area (Å²) in [4.78, 5) is 20.3. The van der Waals surface area contributed by atoms with Crippen molar-refractivity contribution in [3.63, 3.8) is 0 Å². The highest BCUT2D eigenvalue weighted by Gasteiger charge is 2.35. The van der Waals surface area contributed by atoms with Gasteiger partial charge < -0.3 is 14.4 Å². The number of anilines is 1. The molecule has 0 spiro atoms. The highest BCUT2D eigenvalue weighted by molar-refractivity contribution is 7.15. The van der Waals surface area contributed by atoms with Gasteiger partial charge in [0.05, 0.1) is 31.1 Å². The molecule has 5 nitrogen and oxygen atoms in total. The lowest BCUT2D eigenvalue weighted by Crippen LogP contribution is -2.47. The van der Waals surface area contributed by atoms with E-state index >= 15 is 0 Å². The van der Waals surface area contributed by atoms with Gasteiger partial charge in [0, 0.05) is 11.4 Å². The Kier molecular flexibility index (Phi) is 4.17. The molecule has 0 radical (unpaired) electrons. The van der Waals surface area contributed by atoms with E-state index in [1.807, 2.05) is 6.92 Å². The molecule has 1 aromatic rings. The van der Waals surface area contributed by atoms with Crippen molar-refractivity contribution in [1.82, 2.24) is 4.98 Å². The zero-order valence-corrected chi connectivity index (χ0v) is 13.6. The number of carbonyl (C=O) groups excluding carboxylic acids is 1. The van der Waals surface area contributed by atoms with Crippen molar-refractivity contribution < 1.29 is 14.3 Å². The Morgan fingerprint density at radius 1 is 1.52 bits per heavy atom. The number of aromatic nitrogens is 1. The molecule has 116 valence electrons. The van der Waals surface area contributed by atoms with Crippen LogP contribution in [0.5, 0.6) is 0 Å². The molecule has 1 aromatic heterocycles. The normalized spacial score (nSPS) is 28.5. The average Bonchev–Trinajstić information content (AvgIpc) is 3.01. The number of carbonyl (C=O) groups is 1. The van der Waals surface area contributed by atoms with Crippen LogP contribution in [0.3, 0.4) is 0 Å². The lowest BCUT2D eigenvalue weighted by atomic mass is 10.1. The maximum Gasteiger partial charge on any atom is 0.315 e. The first-order chi connectivity index (χ1) is 10.1. The van der Waals surface area contributed by atoms with E-state index in [1.165, 1.54) is 4.88 Å². The molecule has 0 N–H and O–H groups in total. The molecule has 3 unspecified atom stereocenters. The van der Waals surface area contributed by atoms with Crippen LogP contribution in [0.15, 0.2) is 0 Å². The largest absolute Gasteiger partial charge is 0.465 e. The van der Waals surface area contributed by atoms with Gasteiger partial charge in [-0.25, -0.2) is 4.98 Å². The topological polar surface area (TPSA) is 51.7 Å². The first-order valence-electron chi connectivity index (χ1n) is 7.64. The van der Waals surface area contributed by atoms with Gasteiger partial charge in [0.1, 0.15) is 5.92 Å². The van der Waals surface area contributed by atoms with Gasteiger partial charge in [0.2, 0.25) is 0 Å². The Balaban J connectivity index is 1.81. The van der Waals surface area contributed by atoms with Crippen LogP contribution in [0.25, 0.3) is 0 Å². The highest BCUT2D eigenvalue weighted by Crippen LogP contribution is 2.40. The fraction of sp³-hybridized carbons (Fsp3) is 0.733. The van der Waals surface area contributed by atoms with Gasteiger partial charge in [-0.3, -0.25) is 4.79 Å². The molecule has 3 rings (SSSR count). The molecule has 6 heteroatoms. The Morgan fingerprint density at radius 3 is 3.10 bits per heavy atom. The van der Waals surface area contributed by atoms with E-state index < -0.39 is 0 Å². The van der Waals surface area contributed by atoms with Crippen LogP contribution in [-0.2, 0) is 20.7 Å². The predicted octanol–water partition coefficient (Wildman–Crippen LogP) is 2.35. The second kappa shape index (κ2) is 5.93. The minimum absolute atomic E-state index is 0.128. The summed E-state index contributed by atoms with van der Waals surface area (Å²) < 4.78 is 10.8. The van der Waals surface area contributed by atoms with E-state index in [-0.39, 0.29) is 18.0 Å². The number of hydrogen-bond acceptors (Lipinski definition) is 6. The summed E-state index contributed by atoms with van der Waals surface area (Å²) in [5, 5.41) is 1.02. The van der Waals surface area contributed by atoms with Gasteiger partial charge in [-0.2, -0.15) is 0 Å². The van der Waals surface area contributed by atoms with Crippen LogP contribution < -0.4 is 4.90 Å². The van der Waals surface area contributed by atoms with Gasteiger partial charge >= 0.3 is 5.97 Å². The van der Waals surface area contributed by atoms with Crippen LogP contribution in [0.2, 0.25) is 0 Å². The van der Waals surface area contributed by atoms with E-state index in [2.05, 4.69) is 18.7 Å². The van der Waals surface area contributed by atoms with Crippen molar-refractivity contribution in [2.75, 3.05) is 24.7 Å². The molecule has 2 aliphatic rings. The molecule has 0 bridgehead atoms. The van der Waals surface area contributed by atoms with Crippen molar-refractivity contribution >= 4 is 22.4 Å². The molecule has 1 fully saturated rings. The quantitative estimate of drug-likeness (QED) is 0.802. The number of morpholine rings is 1. The summed E-state index contributed by atoms with van der Waals surface area (Å²) in [6.07, 6.45) is 1.99. The molecule has 0 amide bonds. The second-order valence-corrected chi connectivity index (χ2v) is 6.86. The van der Waals surface area contributed by atoms with Crippen LogP contribution in [0, 0.1) is 0 Å². The molecular formula is C15H22N2O3S. The van der Waals surface area contributed by atoms with E-state index in [1.54, 1.807) is 11.3 Å². The SMILES string of the molecule is CCOC(=O)C1CCc2sc(N3CC(C)OCC3C)nc21. The van der Waals surface area contributed by atoms with Gasteiger partial charge in [-0.15, -0.1) is 11.3 Å². The molecule has 1 aliphatic heterocycles. The number of rotatable bonds is 3. The van der Waals surface area contributed by atoms with Crippen LogP contribution in [0.4, 0.5) is 5.13 Å². The monoisotopic (exact) mass is 310 g/mol. The molecule has 1 aliphatic carbocycles. The first-order valence-corrected chi connectivity index (χ1v) is 8.46. The molecule has 21 heavy (non-hydrogen) atoms. The number of ether oxygens (including phenoxy) is 2. The number of nitrogens with zero attached hydrogens (tertiary/aromatic N) is 2. The summed E-state index contributed by atoms with van der Waals surface area (Å²) in [6, 6.07) is 0.327. The number of thiazole rings is 1. The fourth-order valence-corrected chi connectivity index (χ4v) is 4.23. The zero-order chi connectivity index (χ0) is 15.0. The highest BCUT2D eigenvalue weighted by atomic mass is 32.1. The third-order valence-corrected chi connectivity index (χ3v) is 5.30. The average molecular weight is 310 g/mol. The predicted molar refractivity (Wildman–Crippen MR) is 82.0 cm³/mol. The van der Waals surface area contributed by atoms with Crippen LogP contribution >= 0.6 is 11.3 Å². The first kappa shape index (κ1) is 14.8. The Labute approximate surface area is 129 Å². The number of aryl methyl sites for hydroxylation is 1. The Hall–Kier alpha value is -1.14. The Morgan fingerprint density at radius 2 is 2.33 bits per heavy atom. The maximum atomic E-state index is 12.0. The van der Waals surface area contributed by atoms with E-state index in [9.17, 15) is 4.79 Å². The number of hydrogen-bond donors (Lipinski definition) is 0. The van der Waals surface area contributed by atoms with Crippen molar-refractivity contribution in [3.05, 3.63) is 10.6 Å². The van der Waals surface area contributed by atoms with Gasteiger partial charge in [-0.1, -0.05) is 0 Å². The summed E-state index contributed by atoms with van der Waals surface area (Å²) in [5.41, 5.74) is 0.944. The summed E-state index contributed by atoms with van der Waals surface area (Å²) in [6.45, 7) is 8.10. The van der Waals surface area contributed by atoms with E-state index in [0.717, 1.165) is 36.8 Å². The molecule has 0 saturated carbocycles. The molecule has 2 heterocycles. The van der Waals surface area contributed by atoms with Crippen LogP contribution in [0.1, 0.15) is 43.7 Å². The van der Waals surface area contributed by atoms with Crippen molar-refractivity contribution in [3.8, 4) is 0 Å². The molecule has 0 aromatic carbocycles. The van der Waals surface area contributed by atoms with Crippen molar-refractivity contribution in [2.24, 2.45) is 0 Å². The Bertz CT molecular complexity index is 531. The summed E-state index contributed by atoms with van der Waals surface area (Å²) in [5.74, 6) is -0.296. The zero-order valence-electron chi connectivity index (χ0n) is 12.8. The van der Waals surface area contributed by atoms with Gasteiger partial charge in [0.25, 0.3) is 0 Å². The number of fused-ring (bicyclic) bond motifs is 1. The fourth-order valence-electron chi connectivity index (χ4n) is 2.98. The maximum absolute atomic E-state index is 12.0. The standard InChI is InChI=1S/C15H22N2O3S/c1-4-19-14(18)11-5-6-12-13(11)16-15(21-12)17-7-10(3)20-8-9(17)2/h9-11H,4-8H2,1-3H3. The van der Waals surface area contributed by atoms with Crippen molar-refractivity contribution in [1.29, 1.82) is 0 Å². The lowest BCUT2D eigenvalue weighted by Gasteiger charge is -2.36. The molecular weight excluding hydrogens is 288 g/mol. The lowest BCUT2D eigenvalue weighted by molar-refractivity contribution is -0.145. The molecule has 3 atom stereocenters. The second-order valence-electron chi connectivity index (χ2n) is 5.79. The van der Waals surface area contributed by atoms with E-state index in [4.69, 9.17) is 14.5 Å². The summed E-state index contributed by atoms with van der Waals surface area (Å²) in [7, 11) is 0.